The molecule has 0 fully saturated rings. The third-order valence-electron chi connectivity index (χ3n) is 2.81. The first kappa shape index (κ1) is 13.4. The molecule has 5 heteroatoms. The molecule has 0 radical (unpaired) electrons. The van der Waals surface area contributed by atoms with E-state index in [0.29, 0.717) is 16.9 Å². The molecule has 100 valence electrons. The molecule has 0 atom stereocenters. The van der Waals surface area contributed by atoms with Crippen LogP contribution < -0.4 is 10.5 Å². The van der Waals surface area contributed by atoms with Crippen molar-refractivity contribution >= 4 is 21.4 Å². The number of rotatable bonds is 3. The Morgan fingerprint density at radius 2 is 1.63 bits per heavy atom. The Morgan fingerprint density at radius 1 is 1.00 bits per heavy atom. The zero-order valence-corrected chi connectivity index (χ0v) is 11.7. The van der Waals surface area contributed by atoms with Crippen molar-refractivity contribution in [1.29, 1.82) is 0 Å². The Morgan fingerprint density at radius 3 is 2.26 bits per heavy atom. The standard InChI is InChI=1S/C14H16N2O2S/c1-10-3-7-13(8-4-10)16-19(17,18)14-9-12(15)6-5-11(14)2/h3-9,16H,15H2,1-2H3. The lowest BCUT2D eigenvalue weighted by molar-refractivity contribution is 0.600. The van der Waals surface area contributed by atoms with Gasteiger partial charge in [-0.3, -0.25) is 4.72 Å². The van der Waals surface area contributed by atoms with Crippen molar-refractivity contribution < 1.29 is 8.42 Å². The summed E-state index contributed by atoms with van der Waals surface area (Å²) in [6.45, 7) is 3.68. The van der Waals surface area contributed by atoms with Gasteiger partial charge in [0.15, 0.2) is 0 Å². The Hall–Kier alpha value is -2.01. The van der Waals surface area contributed by atoms with Crippen LogP contribution in [-0.2, 0) is 10.0 Å². The summed E-state index contributed by atoms with van der Waals surface area (Å²) in [4.78, 5) is 0.202. The molecule has 0 aromatic heterocycles. The van der Waals surface area contributed by atoms with Crippen LogP contribution in [0.5, 0.6) is 0 Å². The summed E-state index contributed by atoms with van der Waals surface area (Å²) in [5, 5.41) is 0. The number of aryl methyl sites for hydroxylation is 2. The Kier molecular flexibility index (Phi) is 3.48. The van der Waals surface area contributed by atoms with E-state index in [9.17, 15) is 8.42 Å². The predicted molar refractivity (Wildman–Crippen MR) is 77.6 cm³/mol. The van der Waals surface area contributed by atoms with Gasteiger partial charge in [0, 0.05) is 11.4 Å². The number of nitrogen functional groups attached to an aromatic ring is 1. The Balaban J connectivity index is 2.37. The highest BCUT2D eigenvalue weighted by atomic mass is 32.2. The van der Waals surface area contributed by atoms with Crippen molar-refractivity contribution in [3.63, 3.8) is 0 Å². The number of nitrogens with one attached hydrogen (secondary N) is 1. The van der Waals surface area contributed by atoms with Crippen LogP contribution in [0.15, 0.2) is 47.4 Å². The largest absolute Gasteiger partial charge is 0.399 e. The topological polar surface area (TPSA) is 72.2 Å². The lowest BCUT2D eigenvalue weighted by Gasteiger charge is -2.11. The number of benzene rings is 2. The minimum atomic E-state index is -3.61. The SMILES string of the molecule is Cc1ccc(NS(=O)(=O)c2cc(N)ccc2C)cc1. The monoisotopic (exact) mass is 276 g/mol. The summed E-state index contributed by atoms with van der Waals surface area (Å²) in [5.74, 6) is 0. The van der Waals surface area contributed by atoms with Crippen molar-refractivity contribution in [1.82, 2.24) is 0 Å². The zero-order valence-electron chi connectivity index (χ0n) is 10.8. The van der Waals surface area contributed by atoms with Gasteiger partial charge in [-0.05, 0) is 43.7 Å². The second-order valence-corrected chi connectivity index (χ2v) is 6.15. The predicted octanol–water partition coefficient (Wildman–Crippen LogP) is 2.69. The summed E-state index contributed by atoms with van der Waals surface area (Å²) in [6.07, 6.45) is 0. The highest BCUT2D eigenvalue weighted by Gasteiger charge is 2.17. The van der Waals surface area contributed by atoms with E-state index in [0.717, 1.165) is 5.56 Å². The van der Waals surface area contributed by atoms with Crippen LogP contribution in [0.1, 0.15) is 11.1 Å². The molecule has 2 aromatic rings. The highest BCUT2D eigenvalue weighted by molar-refractivity contribution is 7.92. The minimum Gasteiger partial charge on any atom is -0.399 e. The van der Waals surface area contributed by atoms with Crippen LogP contribution in [0.25, 0.3) is 0 Å². The lowest BCUT2D eigenvalue weighted by Crippen LogP contribution is -2.14. The minimum absolute atomic E-state index is 0.202. The second-order valence-electron chi connectivity index (χ2n) is 4.50. The van der Waals surface area contributed by atoms with E-state index in [1.165, 1.54) is 6.07 Å². The summed E-state index contributed by atoms with van der Waals surface area (Å²) in [5.41, 5.74) is 8.34. The summed E-state index contributed by atoms with van der Waals surface area (Å²) < 4.78 is 27.1. The van der Waals surface area contributed by atoms with Gasteiger partial charge >= 0.3 is 0 Å². The van der Waals surface area contributed by atoms with Crippen LogP contribution >= 0.6 is 0 Å². The molecule has 0 aliphatic carbocycles. The molecule has 0 bridgehead atoms. The molecule has 0 saturated heterocycles. The first-order valence-electron chi connectivity index (χ1n) is 5.84. The molecule has 0 aliphatic rings. The zero-order chi connectivity index (χ0) is 14.0. The van der Waals surface area contributed by atoms with Crippen LogP contribution in [0.3, 0.4) is 0 Å². The normalized spacial score (nSPS) is 11.3. The van der Waals surface area contributed by atoms with Gasteiger partial charge < -0.3 is 5.73 Å². The maximum atomic E-state index is 12.3. The smallest absolute Gasteiger partial charge is 0.262 e. The average Bonchev–Trinajstić information content (AvgIpc) is 2.35. The third-order valence-corrected chi connectivity index (χ3v) is 4.33. The summed E-state index contributed by atoms with van der Waals surface area (Å²) in [6, 6.07) is 12.0. The molecule has 0 heterocycles. The Bertz CT molecular complexity index is 692. The summed E-state index contributed by atoms with van der Waals surface area (Å²) >= 11 is 0. The Labute approximate surface area is 113 Å². The van der Waals surface area contributed by atoms with E-state index in [4.69, 9.17) is 5.73 Å². The lowest BCUT2D eigenvalue weighted by atomic mass is 10.2. The van der Waals surface area contributed by atoms with Crippen LogP contribution in [0, 0.1) is 13.8 Å². The fourth-order valence-electron chi connectivity index (χ4n) is 1.74. The first-order chi connectivity index (χ1) is 8.88. The second kappa shape index (κ2) is 4.93. The third kappa shape index (κ3) is 3.06. The van der Waals surface area contributed by atoms with Gasteiger partial charge in [-0.25, -0.2) is 8.42 Å². The van der Waals surface area contributed by atoms with Crippen LogP contribution in [0.4, 0.5) is 11.4 Å². The van der Waals surface area contributed by atoms with Crippen molar-refractivity contribution in [3.05, 3.63) is 53.6 Å². The molecular formula is C14H16N2O2S. The van der Waals surface area contributed by atoms with Gasteiger partial charge in [0.05, 0.1) is 4.90 Å². The van der Waals surface area contributed by atoms with Crippen LogP contribution in [0.2, 0.25) is 0 Å². The summed E-state index contributed by atoms with van der Waals surface area (Å²) in [7, 11) is -3.61. The number of hydrogen-bond acceptors (Lipinski definition) is 3. The number of sulfonamides is 1. The maximum Gasteiger partial charge on any atom is 0.262 e. The molecule has 4 nitrogen and oxygen atoms in total. The van der Waals surface area contributed by atoms with E-state index in [1.54, 1.807) is 31.2 Å². The molecule has 3 N–H and O–H groups in total. The van der Waals surface area contributed by atoms with Gasteiger partial charge in [0.25, 0.3) is 10.0 Å². The van der Waals surface area contributed by atoms with Crippen molar-refractivity contribution in [2.24, 2.45) is 0 Å². The molecule has 0 saturated carbocycles. The van der Waals surface area contributed by atoms with Crippen molar-refractivity contribution in [3.8, 4) is 0 Å². The quantitative estimate of drug-likeness (QED) is 0.847. The molecule has 0 aliphatic heterocycles. The first-order valence-corrected chi connectivity index (χ1v) is 7.32. The van der Waals surface area contributed by atoms with Gasteiger partial charge in [-0.2, -0.15) is 0 Å². The fraction of sp³-hybridized carbons (Fsp3) is 0.143. The highest BCUT2D eigenvalue weighted by Crippen LogP contribution is 2.21. The number of anilines is 2. The van der Waals surface area contributed by atoms with Gasteiger partial charge in [0.1, 0.15) is 0 Å². The molecule has 19 heavy (non-hydrogen) atoms. The molecule has 0 unspecified atom stereocenters. The average molecular weight is 276 g/mol. The van der Waals surface area contributed by atoms with Crippen molar-refractivity contribution in [2.45, 2.75) is 18.7 Å². The van der Waals surface area contributed by atoms with Gasteiger partial charge in [0.2, 0.25) is 0 Å². The maximum absolute atomic E-state index is 12.3. The van der Waals surface area contributed by atoms with E-state index in [2.05, 4.69) is 4.72 Å². The van der Waals surface area contributed by atoms with Crippen LogP contribution in [-0.4, -0.2) is 8.42 Å². The number of nitrogens with two attached hydrogens (primary N) is 1. The molecule has 0 amide bonds. The fourth-order valence-corrected chi connectivity index (χ4v) is 3.08. The number of hydrogen-bond donors (Lipinski definition) is 2. The van der Waals surface area contributed by atoms with E-state index >= 15 is 0 Å². The van der Waals surface area contributed by atoms with Gasteiger partial charge in [-0.15, -0.1) is 0 Å². The molecule has 2 aromatic carbocycles. The van der Waals surface area contributed by atoms with E-state index < -0.39 is 10.0 Å². The van der Waals surface area contributed by atoms with E-state index in [1.807, 2.05) is 19.1 Å². The van der Waals surface area contributed by atoms with Crippen molar-refractivity contribution in [2.75, 3.05) is 10.5 Å². The molecule has 0 spiro atoms. The van der Waals surface area contributed by atoms with E-state index in [-0.39, 0.29) is 4.90 Å². The molecule has 2 rings (SSSR count). The van der Waals surface area contributed by atoms with Gasteiger partial charge in [-0.1, -0.05) is 23.8 Å². The molecular weight excluding hydrogens is 260 g/mol.